The molecule has 6 heteroatoms. The van der Waals surface area contributed by atoms with Crippen LogP contribution in [0.3, 0.4) is 0 Å². The van der Waals surface area contributed by atoms with Gasteiger partial charge in [0.05, 0.1) is 12.2 Å². The van der Waals surface area contributed by atoms with Crippen LogP contribution in [0.4, 0.5) is 13.2 Å². The van der Waals surface area contributed by atoms with Gasteiger partial charge in [-0.1, -0.05) is 0 Å². The summed E-state index contributed by atoms with van der Waals surface area (Å²) in [5.74, 6) is -1.19. The van der Waals surface area contributed by atoms with E-state index in [-0.39, 0.29) is 0 Å². The zero-order valence-electron chi connectivity index (χ0n) is 6.84. The van der Waals surface area contributed by atoms with Crippen LogP contribution < -0.4 is 0 Å². The molecule has 0 spiro atoms. The van der Waals surface area contributed by atoms with Crippen LogP contribution in [0.25, 0.3) is 0 Å². The molecule has 1 N–H and O–H groups in total. The van der Waals surface area contributed by atoms with Crippen LogP contribution in [0.1, 0.15) is 23.2 Å². The number of hydrogen-bond acceptors (Lipinski definition) is 3. The van der Waals surface area contributed by atoms with E-state index in [0.29, 0.717) is 6.20 Å². The van der Waals surface area contributed by atoms with E-state index in [1.54, 1.807) is 0 Å². The lowest BCUT2D eigenvalue weighted by molar-refractivity contribution is 0.149. The van der Waals surface area contributed by atoms with E-state index in [9.17, 15) is 13.2 Å². The minimum Gasteiger partial charge on any atom is -0.390 e. The van der Waals surface area contributed by atoms with Crippen molar-refractivity contribution in [1.82, 2.24) is 4.98 Å². The fourth-order valence-electron chi connectivity index (χ4n) is 0.929. The predicted octanol–water partition coefficient (Wildman–Crippen LogP) is 1.52. The number of aliphatic hydroxyl groups is 1. The van der Waals surface area contributed by atoms with Gasteiger partial charge in [-0.05, 0) is 0 Å². The molecule has 0 fully saturated rings. The second-order valence-corrected chi connectivity index (χ2v) is 2.42. The van der Waals surface area contributed by atoms with Crippen molar-refractivity contribution in [2.24, 2.45) is 0 Å². The van der Waals surface area contributed by atoms with E-state index in [1.807, 2.05) is 0 Å². The zero-order chi connectivity index (χ0) is 10.7. The van der Waals surface area contributed by atoms with E-state index in [4.69, 9.17) is 10.4 Å². The van der Waals surface area contributed by atoms with Gasteiger partial charge in [-0.15, -0.1) is 0 Å². The Morgan fingerprint density at radius 2 is 2.21 bits per heavy atom. The van der Waals surface area contributed by atoms with E-state index in [1.165, 1.54) is 6.07 Å². The van der Waals surface area contributed by atoms with Gasteiger partial charge in [-0.3, -0.25) is 4.98 Å². The number of hydrogen-bond donors (Lipinski definition) is 1. The topological polar surface area (TPSA) is 56.9 Å². The lowest BCUT2D eigenvalue weighted by atomic mass is 10.1. The van der Waals surface area contributed by atoms with Crippen LogP contribution in [0.5, 0.6) is 0 Å². The molecule has 0 saturated carbocycles. The van der Waals surface area contributed by atoms with Gasteiger partial charge in [0, 0.05) is 6.20 Å². The molecule has 0 aliphatic carbocycles. The fraction of sp³-hybridized carbons (Fsp3) is 0.250. The summed E-state index contributed by atoms with van der Waals surface area (Å²) in [5, 5.41) is 17.0. The van der Waals surface area contributed by atoms with Gasteiger partial charge in [0.25, 0.3) is 6.43 Å². The molecule has 14 heavy (non-hydrogen) atoms. The molecule has 74 valence electrons. The third kappa shape index (κ3) is 1.67. The Balaban J connectivity index is 3.38. The van der Waals surface area contributed by atoms with Crippen molar-refractivity contribution in [2.45, 2.75) is 13.0 Å². The molecule has 0 atom stereocenters. The highest BCUT2D eigenvalue weighted by atomic mass is 19.3. The predicted molar refractivity (Wildman–Crippen MR) is 39.8 cm³/mol. The van der Waals surface area contributed by atoms with E-state index in [2.05, 4.69) is 4.98 Å². The maximum Gasteiger partial charge on any atom is 0.266 e. The average molecular weight is 202 g/mol. The summed E-state index contributed by atoms with van der Waals surface area (Å²) in [4.78, 5) is 3.27. The first kappa shape index (κ1) is 10.5. The molecule has 0 aliphatic heterocycles. The Bertz CT molecular complexity index is 387. The quantitative estimate of drug-likeness (QED) is 0.790. The molecule has 1 aromatic rings. The summed E-state index contributed by atoms with van der Waals surface area (Å²) in [7, 11) is 0. The third-order valence-electron chi connectivity index (χ3n) is 1.62. The van der Waals surface area contributed by atoms with Crippen LogP contribution in [0, 0.1) is 17.1 Å². The highest BCUT2D eigenvalue weighted by molar-refractivity contribution is 5.39. The molecule has 1 heterocycles. The number of nitrogens with zero attached hydrogens (tertiary/aromatic N) is 2. The monoisotopic (exact) mass is 202 g/mol. The second kappa shape index (κ2) is 4.07. The molecule has 1 aromatic heterocycles. The molecule has 0 radical (unpaired) electrons. The Labute approximate surface area is 77.4 Å². The Morgan fingerprint density at radius 1 is 1.57 bits per heavy atom. The number of halogens is 3. The Kier molecular flexibility index (Phi) is 3.04. The highest BCUT2D eigenvalue weighted by Gasteiger charge is 2.19. The molecule has 0 saturated heterocycles. The minimum atomic E-state index is -2.96. The van der Waals surface area contributed by atoms with Gasteiger partial charge >= 0.3 is 0 Å². The molecule has 0 aromatic carbocycles. The minimum absolute atomic E-state index is 0.411. The molecule has 1 rings (SSSR count). The van der Waals surface area contributed by atoms with E-state index in [0.717, 1.165) is 0 Å². The molecular weight excluding hydrogens is 197 g/mol. The summed E-state index contributed by atoms with van der Waals surface area (Å²) >= 11 is 0. The summed E-state index contributed by atoms with van der Waals surface area (Å²) in [6.45, 7) is -0.732. The van der Waals surface area contributed by atoms with Crippen LogP contribution in [0.15, 0.2) is 6.20 Å². The van der Waals surface area contributed by atoms with Gasteiger partial charge in [-0.25, -0.2) is 13.2 Å². The van der Waals surface area contributed by atoms with Crippen LogP contribution >= 0.6 is 0 Å². The maximum atomic E-state index is 13.1. The van der Waals surface area contributed by atoms with Crippen molar-refractivity contribution in [1.29, 1.82) is 5.26 Å². The van der Waals surface area contributed by atoms with Crippen molar-refractivity contribution in [3.05, 3.63) is 28.8 Å². The largest absolute Gasteiger partial charge is 0.390 e. The Morgan fingerprint density at radius 3 is 2.64 bits per heavy atom. The number of aliphatic hydroxyl groups excluding tert-OH is 1. The van der Waals surface area contributed by atoms with Gasteiger partial charge in [0.1, 0.15) is 17.3 Å². The molecule has 0 unspecified atom stereocenters. The summed E-state index contributed by atoms with van der Waals surface area (Å²) in [6.07, 6.45) is -2.27. The van der Waals surface area contributed by atoms with Crippen molar-refractivity contribution < 1.29 is 18.3 Å². The summed E-state index contributed by atoms with van der Waals surface area (Å²) in [6, 6.07) is 1.31. The van der Waals surface area contributed by atoms with Gasteiger partial charge in [-0.2, -0.15) is 5.26 Å². The second-order valence-electron chi connectivity index (χ2n) is 2.42. The molecule has 3 nitrogen and oxygen atoms in total. The first-order valence-electron chi connectivity index (χ1n) is 3.58. The molecule has 0 bridgehead atoms. The highest BCUT2D eigenvalue weighted by Crippen LogP contribution is 2.24. The molecule has 0 amide bonds. The number of rotatable bonds is 2. The maximum absolute atomic E-state index is 13.1. The van der Waals surface area contributed by atoms with Gasteiger partial charge in [0.2, 0.25) is 0 Å². The zero-order valence-corrected chi connectivity index (χ0v) is 6.84. The third-order valence-corrected chi connectivity index (χ3v) is 1.62. The van der Waals surface area contributed by atoms with Crippen molar-refractivity contribution in [2.75, 3.05) is 0 Å². The van der Waals surface area contributed by atoms with Crippen LogP contribution in [-0.2, 0) is 6.61 Å². The number of alkyl halides is 2. The Hall–Kier alpha value is -1.61. The van der Waals surface area contributed by atoms with E-state index >= 15 is 0 Å². The normalized spacial score (nSPS) is 10.3. The lowest BCUT2D eigenvalue weighted by Gasteiger charge is -2.05. The smallest absolute Gasteiger partial charge is 0.266 e. The van der Waals surface area contributed by atoms with Gasteiger partial charge < -0.3 is 5.11 Å². The first-order valence-corrected chi connectivity index (χ1v) is 3.58. The van der Waals surface area contributed by atoms with Crippen LogP contribution in [0.2, 0.25) is 0 Å². The summed E-state index contributed by atoms with van der Waals surface area (Å²) in [5.41, 5.74) is -1.94. The van der Waals surface area contributed by atoms with Crippen molar-refractivity contribution >= 4 is 0 Å². The molecular formula is C8H5F3N2O. The average Bonchev–Trinajstić information content (AvgIpc) is 2.17. The molecule has 0 aliphatic rings. The van der Waals surface area contributed by atoms with Crippen LogP contribution in [-0.4, -0.2) is 10.1 Å². The lowest BCUT2D eigenvalue weighted by Crippen LogP contribution is -2.03. The number of nitriles is 1. The first-order chi connectivity index (χ1) is 6.61. The van der Waals surface area contributed by atoms with Crippen molar-refractivity contribution in [3.63, 3.8) is 0 Å². The fourth-order valence-corrected chi connectivity index (χ4v) is 0.929. The van der Waals surface area contributed by atoms with Gasteiger partial charge in [0.15, 0.2) is 5.82 Å². The van der Waals surface area contributed by atoms with E-state index < -0.39 is 35.7 Å². The number of aromatic nitrogens is 1. The number of pyridine rings is 1. The van der Waals surface area contributed by atoms with Crippen molar-refractivity contribution in [3.8, 4) is 6.07 Å². The SMILES string of the molecule is N#Cc1c(C(F)F)cnc(CO)c1F. The summed E-state index contributed by atoms with van der Waals surface area (Å²) < 4.78 is 37.5. The standard InChI is InChI=1S/C8H5F3N2O/c9-7-4(1-12)5(8(10)11)2-13-6(7)3-14/h2,8,14H,3H2.